The van der Waals surface area contributed by atoms with Crippen molar-refractivity contribution >= 4 is 5.91 Å². The highest BCUT2D eigenvalue weighted by Gasteiger charge is 2.11. The first-order valence-electron chi connectivity index (χ1n) is 4.39. The van der Waals surface area contributed by atoms with E-state index in [0.29, 0.717) is 12.1 Å². The molecule has 14 heavy (non-hydrogen) atoms. The molecule has 0 saturated carbocycles. The predicted octanol–water partition coefficient (Wildman–Crippen LogP) is 1.11. The fraction of sp³-hybridized carbons (Fsp3) is 0.300. The number of nitrogens with zero attached hydrogens (tertiary/aromatic N) is 2. The van der Waals surface area contributed by atoms with Gasteiger partial charge in [-0.25, -0.2) is 0 Å². The van der Waals surface area contributed by atoms with Crippen molar-refractivity contribution in [1.82, 2.24) is 10.3 Å². The highest BCUT2D eigenvalue weighted by Crippen LogP contribution is 1.95. The van der Waals surface area contributed by atoms with Crippen molar-refractivity contribution in [3.63, 3.8) is 0 Å². The Labute approximate surface area is 82.6 Å². The van der Waals surface area contributed by atoms with Crippen LogP contribution in [0.25, 0.3) is 0 Å². The molecule has 1 heterocycles. The predicted molar refractivity (Wildman–Crippen MR) is 51.4 cm³/mol. The minimum absolute atomic E-state index is 0.306. The summed E-state index contributed by atoms with van der Waals surface area (Å²) in [7, 11) is 0. The number of amides is 1. The Morgan fingerprint density at radius 1 is 1.71 bits per heavy atom. The summed E-state index contributed by atoms with van der Waals surface area (Å²) in [6, 6.07) is 6.63. The molecule has 0 radical (unpaired) electrons. The number of pyridine rings is 1. The first-order valence-corrected chi connectivity index (χ1v) is 4.39. The maximum Gasteiger partial charge on any atom is 0.270 e. The van der Waals surface area contributed by atoms with E-state index < -0.39 is 6.04 Å². The molecule has 1 aromatic rings. The highest BCUT2D eigenvalue weighted by atomic mass is 16.1. The Bertz CT molecular complexity index is 342. The van der Waals surface area contributed by atoms with Crippen LogP contribution in [0.4, 0.5) is 0 Å². The van der Waals surface area contributed by atoms with Gasteiger partial charge in [-0.1, -0.05) is 13.0 Å². The third kappa shape index (κ3) is 2.56. The average Bonchev–Trinajstić information content (AvgIpc) is 2.26. The highest BCUT2D eigenvalue weighted by molar-refractivity contribution is 5.92. The Morgan fingerprint density at radius 3 is 3.00 bits per heavy atom. The van der Waals surface area contributed by atoms with Gasteiger partial charge in [0.2, 0.25) is 0 Å². The zero-order valence-corrected chi connectivity index (χ0v) is 7.90. The van der Waals surface area contributed by atoms with E-state index >= 15 is 0 Å². The molecule has 0 saturated heterocycles. The van der Waals surface area contributed by atoms with Gasteiger partial charge in [0.15, 0.2) is 0 Å². The molecule has 1 atom stereocenters. The van der Waals surface area contributed by atoms with Gasteiger partial charge in [0.05, 0.1) is 6.07 Å². The molecule has 0 aliphatic rings. The molecule has 1 aromatic heterocycles. The normalized spacial score (nSPS) is 11.4. The van der Waals surface area contributed by atoms with E-state index in [1.807, 2.05) is 13.0 Å². The lowest BCUT2D eigenvalue weighted by molar-refractivity contribution is 0.0939. The maximum atomic E-state index is 11.4. The number of nitrogens with one attached hydrogen (secondary N) is 1. The number of hydrogen-bond donors (Lipinski definition) is 1. The molecule has 0 aliphatic carbocycles. The van der Waals surface area contributed by atoms with Crippen molar-refractivity contribution in [3.8, 4) is 6.07 Å². The molecule has 1 unspecified atom stereocenters. The SMILES string of the molecule is CCC(C#N)NC(=O)c1ccccn1. The molecule has 4 nitrogen and oxygen atoms in total. The second-order valence-corrected chi connectivity index (χ2v) is 2.78. The van der Waals surface area contributed by atoms with Crippen LogP contribution in [0.5, 0.6) is 0 Å². The summed E-state index contributed by atoms with van der Waals surface area (Å²) in [5.74, 6) is -0.306. The van der Waals surface area contributed by atoms with E-state index in [9.17, 15) is 4.79 Å². The quantitative estimate of drug-likeness (QED) is 0.774. The lowest BCUT2D eigenvalue weighted by Gasteiger charge is -2.07. The van der Waals surface area contributed by atoms with E-state index in [1.165, 1.54) is 0 Å². The molecule has 0 aliphatic heterocycles. The topological polar surface area (TPSA) is 65.8 Å². The summed E-state index contributed by atoms with van der Waals surface area (Å²) in [5, 5.41) is 11.2. The Morgan fingerprint density at radius 2 is 2.50 bits per heavy atom. The lowest BCUT2D eigenvalue weighted by atomic mass is 10.2. The number of carbonyl (C=O) groups is 1. The van der Waals surface area contributed by atoms with Crippen LogP contribution < -0.4 is 5.32 Å². The molecule has 0 aromatic carbocycles. The third-order valence-electron chi connectivity index (χ3n) is 1.77. The van der Waals surface area contributed by atoms with E-state index in [4.69, 9.17) is 5.26 Å². The van der Waals surface area contributed by atoms with Crippen molar-refractivity contribution in [3.05, 3.63) is 30.1 Å². The Hall–Kier alpha value is -1.89. The van der Waals surface area contributed by atoms with Crippen LogP contribution in [-0.4, -0.2) is 16.9 Å². The van der Waals surface area contributed by atoms with Gasteiger partial charge in [-0.3, -0.25) is 9.78 Å². The Balaban J connectivity index is 2.64. The van der Waals surface area contributed by atoms with Crippen molar-refractivity contribution < 1.29 is 4.79 Å². The van der Waals surface area contributed by atoms with E-state index in [1.54, 1.807) is 24.4 Å². The van der Waals surface area contributed by atoms with Crippen LogP contribution in [0.15, 0.2) is 24.4 Å². The third-order valence-corrected chi connectivity index (χ3v) is 1.77. The van der Waals surface area contributed by atoms with Gasteiger partial charge in [0.25, 0.3) is 5.91 Å². The molecule has 1 N–H and O–H groups in total. The van der Waals surface area contributed by atoms with Crippen molar-refractivity contribution in [2.45, 2.75) is 19.4 Å². The van der Waals surface area contributed by atoms with Crippen molar-refractivity contribution in [2.24, 2.45) is 0 Å². The van der Waals surface area contributed by atoms with E-state index in [2.05, 4.69) is 10.3 Å². The first-order chi connectivity index (χ1) is 6.77. The van der Waals surface area contributed by atoms with Crippen LogP contribution in [0.2, 0.25) is 0 Å². The zero-order chi connectivity index (χ0) is 10.4. The molecule has 4 heteroatoms. The summed E-state index contributed by atoms with van der Waals surface area (Å²) < 4.78 is 0. The van der Waals surface area contributed by atoms with Gasteiger partial charge in [-0.05, 0) is 18.6 Å². The van der Waals surface area contributed by atoms with Crippen LogP contribution in [-0.2, 0) is 0 Å². The van der Waals surface area contributed by atoms with Gasteiger partial charge in [0.1, 0.15) is 11.7 Å². The van der Waals surface area contributed by atoms with Gasteiger partial charge in [-0.15, -0.1) is 0 Å². The zero-order valence-electron chi connectivity index (χ0n) is 7.90. The fourth-order valence-electron chi connectivity index (χ4n) is 0.955. The fourth-order valence-corrected chi connectivity index (χ4v) is 0.955. The molecule has 0 spiro atoms. The number of rotatable bonds is 3. The smallest absolute Gasteiger partial charge is 0.270 e. The molecule has 72 valence electrons. The van der Waals surface area contributed by atoms with E-state index in [0.717, 1.165) is 0 Å². The minimum Gasteiger partial charge on any atom is -0.335 e. The molecule has 0 bridgehead atoms. The number of carbonyl (C=O) groups excluding carboxylic acids is 1. The van der Waals surface area contributed by atoms with Gasteiger partial charge >= 0.3 is 0 Å². The standard InChI is InChI=1S/C10H11N3O/c1-2-8(7-11)13-10(14)9-5-3-4-6-12-9/h3-6,8H,2H2,1H3,(H,13,14). The second kappa shape index (κ2) is 4.97. The molecule has 1 amide bonds. The lowest BCUT2D eigenvalue weighted by Crippen LogP contribution is -2.33. The molecular formula is C10H11N3O. The van der Waals surface area contributed by atoms with Gasteiger partial charge in [-0.2, -0.15) is 5.26 Å². The summed E-state index contributed by atoms with van der Waals surface area (Å²) in [5.41, 5.74) is 0.334. The van der Waals surface area contributed by atoms with Gasteiger partial charge < -0.3 is 5.32 Å². The van der Waals surface area contributed by atoms with Gasteiger partial charge in [0, 0.05) is 6.20 Å². The minimum atomic E-state index is -0.440. The summed E-state index contributed by atoms with van der Waals surface area (Å²) in [6.07, 6.45) is 2.14. The monoisotopic (exact) mass is 189 g/mol. The van der Waals surface area contributed by atoms with E-state index in [-0.39, 0.29) is 5.91 Å². The maximum absolute atomic E-state index is 11.4. The number of hydrogen-bond acceptors (Lipinski definition) is 3. The molecule has 0 fully saturated rings. The Kier molecular flexibility index (Phi) is 3.62. The van der Waals surface area contributed by atoms with Crippen molar-refractivity contribution in [1.29, 1.82) is 5.26 Å². The number of aromatic nitrogens is 1. The first kappa shape index (κ1) is 10.2. The summed E-state index contributed by atoms with van der Waals surface area (Å²) >= 11 is 0. The van der Waals surface area contributed by atoms with Crippen molar-refractivity contribution in [2.75, 3.05) is 0 Å². The van der Waals surface area contributed by atoms with Crippen LogP contribution >= 0.6 is 0 Å². The van der Waals surface area contributed by atoms with Crippen LogP contribution in [0.1, 0.15) is 23.8 Å². The largest absolute Gasteiger partial charge is 0.335 e. The summed E-state index contributed by atoms with van der Waals surface area (Å²) in [6.45, 7) is 1.84. The van der Waals surface area contributed by atoms with Crippen LogP contribution in [0, 0.1) is 11.3 Å². The molecule has 1 rings (SSSR count). The summed E-state index contributed by atoms with van der Waals surface area (Å²) in [4.78, 5) is 15.3. The second-order valence-electron chi connectivity index (χ2n) is 2.78. The average molecular weight is 189 g/mol. The molecular weight excluding hydrogens is 178 g/mol. The number of nitriles is 1. The van der Waals surface area contributed by atoms with Crippen LogP contribution in [0.3, 0.4) is 0 Å².